The Hall–Kier alpha value is -0.880. The summed E-state index contributed by atoms with van der Waals surface area (Å²) < 4.78 is 12.9. The molecule has 0 radical (unpaired) electrons. The summed E-state index contributed by atoms with van der Waals surface area (Å²) in [5, 5.41) is 10.2. The second-order valence-corrected chi connectivity index (χ2v) is 6.77. The van der Waals surface area contributed by atoms with E-state index in [4.69, 9.17) is 9.47 Å². The number of methoxy groups -OCH3 is 1. The minimum absolute atomic E-state index is 0.222. The summed E-state index contributed by atoms with van der Waals surface area (Å²) in [6.07, 6.45) is 2.51. The van der Waals surface area contributed by atoms with Crippen molar-refractivity contribution < 1.29 is 14.6 Å². The molecule has 0 amide bonds. The zero-order valence-corrected chi connectivity index (χ0v) is 14.7. The van der Waals surface area contributed by atoms with Gasteiger partial charge in [0, 0.05) is 52.3 Å². The Balaban J connectivity index is 2.51. The Bertz CT molecular complexity index is 412. The molecule has 0 aliphatic rings. The number of hydrogen-bond donors (Lipinski definition) is 1. The number of aromatic nitrogens is 1. The highest BCUT2D eigenvalue weighted by Gasteiger charge is 2.17. The van der Waals surface area contributed by atoms with Gasteiger partial charge in [0.2, 0.25) is 0 Å². The van der Waals surface area contributed by atoms with Crippen molar-refractivity contribution in [1.82, 2.24) is 9.47 Å². The first kappa shape index (κ1) is 19.2. The van der Waals surface area contributed by atoms with Gasteiger partial charge in [-0.05, 0) is 39.3 Å². The van der Waals surface area contributed by atoms with Crippen LogP contribution < -0.4 is 0 Å². The second-order valence-electron chi connectivity index (χ2n) is 6.77. The predicted molar refractivity (Wildman–Crippen MR) is 88.9 cm³/mol. The summed E-state index contributed by atoms with van der Waals surface area (Å²) in [6.45, 7) is 9.41. The van der Waals surface area contributed by atoms with Crippen LogP contribution in [0.15, 0.2) is 18.3 Å². The van der Waals surface area contributed by atoms with Crippen molar-refractivity contribution >= 4 is 0 Å². The van der Waals surface area contributed by atoms with Crippen molar-refractivity contribution in [2.75, 3.05) is 33.4 Å². The molecule has 0 saturated heterocycles. The molecule has 0 aliphatic heterocycles. The molecule has 0 fully saturated rings. The van der Waals surface area contributed by atoms with Gasteiger partial charge in [0.25, 0.3) is 0 Å². The molecule has 1 N–H and O–H groups in total. The molecule has 0 spiro atoms. The highest BCUT2D eigenvalue weighted by Crippen LogP contribution is 2.10. The van der Waals surface area contributed by atoms with Gasteiger partial charge in [-0.1, -0.05) is 0 Å². The summed E-state index contributed by atoms with van der Waals surface area (Å²) >= 11 is 0. The van der Waals surface area contributed by atoms with Crippen molar-refractivity contribution in [2.24, 2.45) is 7.05 Å². The molecular formula is C17H32N2O3. The fraction of sp³-hybridized carbons (Fsp3) is 0.765. The molecule has 1 atom stereocenters. The zero-order valence-electron chi connectivity index (χ0n) is 14.7. The number of hydrogen-bond acceptors (Lipinski definition) is 4. The van der Waals surface area contributed by atoms with E-state index in [0.717, 1.165) is 26.1 Å². The van der Waals surface area contributed by atoms with E-state index in [9.17, 15) is 5.11 Å². The Labute approximate surface area is 134 Å². The minimum atomic E-state index is -0.484. The fourth-order valence-corrected chi connectivity index (χ4v) is 2.25. The maximum absolute atomic E-state index is 10.2. The Morgan fingerprint density at radius 3 is 2.64 bits per heavy atom. The van der Waals surface area contributed by atoms with Gasteiger partial charge in [-0.15, -0.1) is 0 Å². The number of aliphatic hydroxyl groups excluding tert-OH is 1. The molecule has 1 heterocycles. The molecule has 0 aromatic carbocycles. The lowest BCUT2D eigenvalue weighted by molar-refractivity contribution is -0.0570. The topological polar surface area (TPSA) is 46.9 Å². The molecule has 5 heteroatoms. The van der Waals surface area contributed by atoms with E-state index in [0.29, 0.717) is 13.2 Å². The second kappa shape index (κ2) is 9.30. The number of nitrogens with zero attached hydrogens (tertiary/aromatic N) is 2. The van der Waals surface area contributed by atoms with Crippen molar-refractivity contribution in [2.45, 2.75) is 45.4 Å². The number of aryl methyl sites for hydroxylation is 1. The average Bonchev–Trinajstić information content (AvgIpc) is 2.81. The van der Waals surface area contributed by atoms with Gasteiger partial charge in [-0.3, -0.25) is 4.90 Å². The van der Waals surface area contributed by atoms with Crippen LogP contribution in [0.5, 0.6) is 0 Å². The van der Waals surface area contributed by atoms with Gasteiger partial charge in [0.05, 0.1) is 18.3 Å². The highest BCUT2D eigenvalue weighted by atomic mass is 16.5. The lowest BCUT2D eigenvalue weighted by atomic mass is 10.2. The van der Waals surface area contributed by atoms with Crippen LogP contribution in [-0.2, 0) is 23.1 Å². The standard InChI is InChI=1S/C17H32N2O3/c1-17(2,3)22-14-16(20)13-19(10-7-11-21-5)12-15-8-6-9-18(15)4/h6,8-9,16,20H,7,10-14H2,1-5H3. The van der Waals surface area contributed by atoms with E-state index in [1.54, 1.807) is 7.11 Å². The maximum Gasteiger partial charge on any atom is 0.0900 e. The van der Waals surface area contributed by atoms with Crippen LogP contribution >= 0.6 is 0 Å². The van der Waals surface area contributed by atoms with Gasteiger partial charge >= 0.3 is 0 Å². The van der Waals surface area contributed by atoms with Crippen molar-refractivity contribution in [3.8, 4) is 0 Å². The van der Waals surface area contributed by atoms with Crippen LogP contribution in [0.2, 0.25) is 0 Å². The molecule has 1 unspecified atom stereocenters. The Kier molecular flexibility index (Phi) is 8.10. The summed E-state index contributed by atoms with van der Waals surface area (Å²) in [7, 11) is 3.76. The van der Waals surface area contributed by atoms with Crippen molar-refractivity contribution in [3.05, 3.63) is 24.0 Å². The number of ether oxygens (including phenoxy) is 2. The van der Waals surface area contributed by atoms with Gasteiger partial charge in [0.15, 0.2) is 0 Å². The van der Waals surface area contributed by atoms with Crippen LogP contribution in [0.25, 0.3) is 0 Å². The van der Waals surface area contributed by atoms with E-state index in [1.165, 1.54) is 5.69 Å². The average molecular weight is 312 g/mol. The number of rotatable bonds is 10. The van der Waals surface area contributed by atoms with Crippen molar-refractivity contribution in [1.29, 1.82) is 0 Å². The molecule has 128 valence electrons. The quantitative estimate of drug-likeness (QED) is 0.672. The van der Waals surface area contributed by atoms with Gasteiger partial charge in [-0.25, -0.2) is 0 Å². The van der Waals surface area contributed by atoms with E-state index in [2.05, 4.69) is 15.5 Å². The molecule has 1 rings (SSSR count). The Morgan fingerprint density at radius 2 is 2.09 bits per heavy atom. The van der Waals surface area contributed by atoms with E-state index >= 15 is 0 Å². The molecule has 1 aromatic rings. The SMILES string of the molecule is COCCCN(Cc1cccn1C)CC(O)COC(C)(C)C. The summed E-state index contributed by atoms with van der Waals surface area (Å²) in [4.78, 5) is 2.26. The normalized spacial score (nSPS) is 13.8. The summed E-state index contributed by atoms with van der Waals surface area (Å²) in [6, 6.07) is 4.16. The van der Waals surface area contributed by atoms with Gasteiger partial charge in [0.1, 0.15) is 0 Å². The molecule has 22 heavy (non-hydrogen) atoms. The minimum Gasteiger partial charge on any atom is -0.389 e. The highest BCUT2D eigenvalue weighted by molar-refractivity contribution is 5.06. The Morgan fingerprint density at radius 1 is 1.36 bits per heavy atom. The van der Waals surface area contributed by atoms with Gasteiger partial charge in [-0.2, -0.15) is 0 Å². The molecular weight excluding hydrogens is 280 g/mol. The largest absolute Gasteiger partial charge is 0.389 e. The fourth-order valence-electron chi connectivity index (χ4n) is 2.25. The predicted octanol–water partition coefficient (Wildman–Crippen LogP) is 2.04. The van der Waals surface area contributed by atoms with Gasteiger partial charge < -0.3 is 19.1 Å². The van der Waals surface area contributed by atoms with Crippen LogP contribution in [0.1, 0.15) is 32.9 Å². The third kappa shape index (κ3) is 7.94. The van der Waals surface area contributed by atoms with Crippen LogP contribution in [0.4, 0.5) is 0 Å². The van der Waals surface area contributed by atoms with Crippen molar-refractivity contribution in [3.63, 3.8) is 0 Å². The third-order valence-electron chi connectivity index (χ3n) is 3.44. The lowest BCUT2D eigenvalue weighted by Crippen LogP contribution is -2.37. The van der Waals surface area contributed by atoms with E-state index < -0.39 is 6.10 Å². The van der Waals surface area contributed by atoms with Crippen LogP contribution in [-0.4, -0.2) is 59.7 Å². The van der Waals surface area contributed by atoms with E-state index in [1.807, 2.05) is 40.1 Å². The lowest BCUT2D eigenvalue weighted by Gasteiger charge is -2.27. The first-order chi connectivity index (χ1) is 10.3. The van der Waals surface area contributed by atoms with E-state index in [-0.39, 0.29) is 5.60 Å². The molecule has 1 aromatic heterocycles. The first-order valence-corrected chi connectivity index (χ1v) is 7.95. The maximum atomic E-state index is 10.2. The monoisotopic (exact) mass is 312 g/mol. The summed E-state index contributed by atoms with van der Waals surface area (Å²) in [5.74, 6) is 0. The van der Waals surface area contributed by atoms with Crippen LogP contribution in [0.3, 0.4) is 0 Å². The smallest absolute Gasteiger partial charge is 0.0900 e. The van der Waals surface area contributed by atoms with Crippen LogP contribution in [0, 0.1) is 0 Å². The third-order valence-corrected chi connectivity index (χ3v) is 3.44. The first-order valence-electron chi connectivity index (χ1n) is 7.95. The molecule has 0 saturated carbocycles. The molecule has 0 aliphatic carbocycles. The molecule has 5 nitrogen and oxygen atoms in total. The molecule has 0 bridgehead atoms. The summed E-state index contributed by atoms with van der Waals surface area (Å²) in [5.41, 5.74) is 1.02. The zero-order chi connectivity index (χ0) is 16.6. The number of aliphatic hydroxyl groups is 1.